The quantitative estimate of drug-likeness (QED) is 0.573. The molecule has 2 aromatic rings. The van der Waals surface area contributed by atoms with Gasteiger partial charge in [0.05, 0.1) is 12.8 Å². The zero-order valence-electron chi connectivity index (χ0n) is 20.8. The molecule has 0 aromatic heterocycles. The Morgan fingerprint density at radius 1 is 1.06 bits per heavy atom. The van der Waals surface area contributed by atoms with E-state index in [2.05, 4.69) is 17.6 Å². The number of urea groups is 1. The number of rotatable bonds is 9. The highest BCUT2D eigenvalue weighted by Crippen LogP contribution is 2.23. The Morgan fingerprint density at radius 2 is 1.77 bits per heavy atom. The van der Waals surface area contributed by atoms with Gasteiger partial charge in [-0.2, -0.15) is 0 Å². The molecular formula is C27H36N4O4. The summed E-state index contributed by atoms with van der Waals surface area (Å²) in [5.74, 6) is 0.518. The first-order valence-electron chi connectivity index (χ1n) is 12.3. The van der Waals surface area contributed by atoms with Gasteiger partial charge in [0.2, 0.25) is 11.8 Å². The number of amides is 4. The Balaban J connectivity index is 1.70. The fourth-order valence-electron chi connectivity index (χ4n) is 4.33. The van der Waals surface area contributed by atoms with Crippen LogP contribution in [0.15, 0.2) is 54.6 Å². The number of nitrogens with one attached hydrogen (secondary N) is 2. The SMILES string of the molecule is CCCCC(=O)N1CCN(C(=O)C(Cc2ccccc2)NC(=O)Nc2ccccc2OC)CC1C. The topological polar surface area (TPSA) is 91.0 Å². The van der Waals surface area contributed by atoms with Crippen LogP contribution in [0.4, 0.5) is 10.5 Å². The second-order valence-corrected chi connectivity index (χ2v) is 8.87. The molecule has 0 saturated carbocycles. The van der Waals surface area contributed by atoms with Crippen molar-refractivity contribution in [2.75, 3.05) is 32.1 Å². The van der Waals surface area contributed by atoms with E-state index in [-0.39, 0.29) is 17.9 Å². The van der Waals surface area contributed by atoms with Crippen molar-refractivity contribution in [1.29, 1.82) is 0 Å². The van der Waals surface area contributed by atoms with E-state index in [0.717, 1.165) is 18.4 Å². The second kappa shape index (κ2) is 12.8. The van der Waals surface area contributed by atoms with E-state index < -0.39 is 12.1 Å². The number of methoxy groups -OCH3 is 1. The van der Waals surface area contributed by atoms with Crippen LogP contribution >= 0.6 is 0 Å². The van der Waals surface area contributed by atoms with Gasteiger partial charge in [-0.15, -0.1) is 0 Å². The first kappa shape index (κ1) is 26.1. The molecule has 35 heavy (non-hydrogen) atoms. The summed E-state index contributed by atoms with van der Waals surface area (Å²) in [7, 11) is 1.54. The predicted molar refractivity (Wildman–Crippen MR) is 136 cm³/mol. The lowest BCUT2D eigenvalue weighted by Crippen LogP contribution is -2.59. The molecule has 0 spiro atoms. The smallest absolute Gasteiger partial charge is 0.320 e. The maximum Gasteiger partial charge on any atom is 0.320 e. The number of hydrogen-bond acceptors (Lipinski definition) is 4. The van der Waals surface area contributed by atoms with E-state index in [9.17, 15) is 14.4 Å². The second-order valence-electron chi connectivity index (χ2n) is 8.87. The number of unbranched alkanes of at least 4 members (excludes halogenated alkanes) is 1. The molecule has 0 bridgehead atoms. The summed E-state index contributed by atoms with van der Waals surface area (Å²) in [4.78, 5) is 42.6. The number of para-hydroxylation sites is 2. The van der Waals surface area contributed by atoms with Gasteiger partial charge in [-0.25, -0.2) is 4.79 Å². The molecule has 0 aliphatic carbocycles. The molecule has 1 fully saturated rings. The molecule has 1 heterocycles. The number of hydrogen-bond donors (Lipinski definition) is 2. The highest BCUT2D eigenvalue weighted by molar-refractivity contribution is 5.95. The van der Waals surface area contributed by atoms with Crippen molar-refractivity contribution in [3.05, 3.63) is 60.2 Å². The number of piperazine rings is 1. The molecule has 2 N–H and O–H groups in total. The average molecular weight is 481 g/mol. The van der Waals surface area contributed by atoms with Gasteiger partial charge < -0.3 is 25.2 Å². The van der Waals surface area contributed by atoms with Gasteiger partial charge in [0.15, 0.2) is 0 Å². The van der Waals surface area contributed by atoms with Crippen molar-refractivity contribution in [3.63, 3.8) is 0 Å². The van der Waals surface area contributed by atoms with Crippen LogP contribution in [0.25, 0.3) is 0 Å². The van der Waals surface area contributed by atoms with Crippen molar-refractivity contribution in [1.82, 2.24) is 15.1 Å². The van der Waals surface area contributed by atoms with Crippen molar-refractivity contribution >= 4 is 23.5 Å². The molecule has 2 aromatic carbocycles. The summed E-state index contributed by atoms with van der Waals surface area (Å²) < 4.78 is 5.31. The maximum absolute atomic E-state index is 13.6. The third-order valence-electron chi connectivity index (χ3n) is 6.24. The largest absolute Gasteiger partial charge is 0.495 e. The normalized spacial score (nSPS) is 16.4. The Morgan fingerprint density at radius 3 is 2.46 bits per heavy atom. The molecule has 2 atom stereocenters. The summed E-state index contributed by atoms with van der Waals surface area (Å²) in [6, 6.07) is 15.4. The summed E-state index contributed by atoms with van der Waals surface area (Å²) >= 11 is 0. The Labute approximate surface area is 207 Å². The van der Waals surface area contributed by atoms with Crippen LogP contribution < -0.4 is 15.4 Å². The van der Waals surface area contributed by atoms with Crippen LogP contribution in [0.3, 0.4) is 0 Å². The molecule has 188 valence electrons. The summed E-state index contributed by atoms with van der Waals surface area (Å²) in [5, 5.41) is 5.65. The summed E-state index contributed by atoms with van der Waals surface area (Å²) in [6.45, 7) is 5.43. The monoisotopic (exact) mass is 480 g/mol. The van der Waals surface area contributed by atoms with Crippen LogP contribution in [0.1, 0.15) is 38.7 Å². The summed E-state index contributed by atoms with van der Waals surface area (Å²) in [6.07, 6.45) is 2.75. The fourth-order valence-corrected chi connectivity index (χ4v) is 4.33. The molecule has 3 rings (SSSR count). The lowest BCUT2D eigenvalue weighted by atomic mass is 10.0. The Hall–Kier alpha value is -3.55. The first-order valence-corrected chi connectivity index (χ1v) is 12.3. The van der Waals surface area contributed by atoms with Crippen molar-refractivity contribution in [2.24, 2.45) is 0 Å². The van der Waals surface area contributed by atoms with Gasteiger partial charge in [-0.3, -0.25) is 9.59 Å². The molecular weight excluding hydrogens is 444 g/mol. The minimum absolute atomic E-state index is 0.0724. The highest BCUT2D eigenvalue weighted by atomic mass is 16.5. The van der Waals surface area contributed by atoms with E-state index >= 15 is 0 Å². The van der Waals surface area contributed by atoms with E-state index in [1.54, 1.807) is 23.1 Å². The van der Waals surface area contributed by atoms with Gasteiger partial charge in [0.25, 0.3) is 0 Å². The number of benzene rings is 2. The Bertz CT molecular complexity index is 998. The molecule has 1 aliphatic heterocycles. The van der Waals surface area contributed by atoms with Crippen LogP contribution in [0.5, 0.6) is 5.75 Å². The molecule has 1 saturated heterocycles. The lowest BCUT2D eigenvalue weighted by Gasteiger charge is -2.41. The van der Waals surface area contributed by atoms with Crippen molar-refractivity contribution < 1.29 is 19.1 Å². The lowest BCUT2D eigenvalue weighted by molar-refractivity contribution is -0.143. The van der Waals surface area contributed by atoms with E-state index in [0.29, 0.717) is 43.9 Å². The van der Waals surface area contributed by atoms with Crippen LogP contribution in [-0.2, 0) is 16.0 Å². The van der Waals surface area contributed by atoms with Crippen LogP contribution in [0, 0.1) is 0 Å². The number of ether oxygens (including phenoxy) is 1. The fraction of sp³-hybridized carbons (Fsp3) is 0.444. The summed E-state index contributed by atoms with van der Waals surface area (Å²) in [5.41, 5.74) is 1.47. The average Bonchev–Trinajstić information content (AvgIpc) is 2.87. The molecule has 2 unspecified atom stereocenters. The third kappa shape index (κ3) is 7.21. The highest BCUT2D eigenvalue weighted by Gasteiger charge is 2.33. The molecule has 8 nitrogen and oxygen atoms in total. The van der Waals surface area contributed by atoms with Gasteiger partial charge in [-0.05, 0) is 31.0 Å². The molecule has 0 radical (unpaired) electrons. The Kier molecular flexibility index (Phi) is 9.52. The standard InChI is InChI=1S/C27H36N4O4/c1-4-5-15-25(32)31-17-16-30(19-20(31)2)26(33)23(18-21-11-7-6-8-12-21)29-27(34)28-22-13-9-10-14-24(22)35-3/h6-14,20,23H,4-5,15-19H2,1-3H3,(H2,28,29,34). The molecule has 8 heteroatoms. The first-order chi connectivity index (χ1) is 16.9. The van der Waals surface area contributed by atoms with E-state index in [4.69, 9.17) is 4.74 Å². The van der Waals surface area contributed by atoms with Gasteiger partial charge in [0.1, 0.15) is 11.8 Å². The zero-order valence-corrected chi connectivity index (χ0v) is 20.8. The van der Waals surface area contributed by atoms with Crippen LogP contribution in [0.2, 0.25) is 0 Å². The minimum Gasteiger partial charge on any atom is -0.495 e. The van der Waals surface area contributed by atoms with E-state index in [1.807, 2.05) is 48.2 Å². The predicted octanol–water partition coefficient (Wildman–Crippen LogP) is 3.68. The molecule has 1 aliphatic rings. The van der Waals surface area contributed by atoms with Crippen molar-refractivity contribution in [2.45, 2.75) is 51.6 Å². The van der Waals surface area contributed by atoms with E-state index in [1.165, 1.54) is 7.11 Å². The van der Waals surface area contributed by atoms with Crippen LogP contribution in [-0.4, -0.2) is 66.5 Å². The number of carbonyl (C=O) groups excluding carboxylic acids is 3. The third-order valence-corrected chi connectivity index (χ3v) is 6.24. The van der Waals surface area contributed by atoms with Crippen molar-refractivity contribution in [3.8, 4) is 5.75 Å². The minimum atomic E-state index is -0.748. The zero-order chi connectivity index (χ0) is 25.2. The van der Waals surface area contributed by atoms with Gasteiger partial charge in [-0.1, -0.05) is 55.8 Å². The number of carbonyl (C=O) groups is 3. The molecule has 4 amide bonds. The van der Waals surface area contributed by atoms with Gasteiger partial charge >= 0.3 is 6.03 Å². The maximum atomic E-state index is 13.6. The number of nitrogens with zero attached hydrogens (tertiary/aromatic N) is 2. The van der Waals surface area contributed by atoms with Gasteiger partial charge in [0, 0.05) is 38.5 Å². The number of anilines is 1.